The number of thioether (sulfide) groups is 1. The van der Waals surface area contributed by atoms with E-state index in [1.807, 2.05) is 30.5 Å². The predicted octanol–water partition coefficient (Wildman–Crippen LogP) is 5.09. The monoisotopic (exact) mass is 268 g/mol. The quantitative estimate of drug-likeness (QED) is 0.683. The fourth-order valence-electron chi connectivity index (χ4n) is 1.66. The van der Waals surface area contributed by atoms with Gasteiger partial charge < -0.3 is 0 Å². The second-order valence-electron chi connectivity index (χ2n) is 3.81. The molecule has 0 bridgehead atoms. The van der Waals surface area contributed by atoms with Gasteiger partial charge in [-0.15, -0.1) is 11.8 Å². The molecule has 18 heavy (non-hydrogen) atoms. The van der Waals surface area contributed by atoms with Crippen LogP contribution in [0.3, 0.4) is 0 Å². The number of benzene rings is 2. The molecule has 2 aromatic carbocycles. The van der Waals surface area contributed by atoms with Gasteiger partial charge in [-0.05, 0) is 41.6 Å². The van der Waals surface area contributed by atoms with Crippen molar-refractivity contribution in [3.8, 4) is 11.1 Å². The molecule has 94 valence electrons. The van der Waals surface area contributed by atoms with Crippen molar-refractivity contribution in [3.05, 3.63) is 54.1 Å². The van der Waals surface area contributed by atoms with E-state index in [-0.39, 0.29) is 0 Å². The van der Waals surface area contributed by atoms with Crippen LogP contribution in [0.15, 0.2) is 53.4 Å². The van der Waals surface area contributed by atoms with Crippen molar-refractivity contribution in [2.75, 3.05) is 6.26 Å². The topological polar surface area (TPSA) is 0 Å². The first-order valence-electron chi connectivity index (χ1n) is 5.32. The molecule has 0 saturated carbocycles. The fourth-order valence-corrected chi connectivity index (χ4v) is 2.07. The Morgan fingerprint density at radius 1 is 0.889 bits per heavy atom. The minimum absolute atomic E-state index is 0.581. The minimum atomic E-state index is -4.30. The third-order valence-corrected chi connectivity index (χ3v) is 3.36. The number of halogens is 3. The second-order valence-corrected chi connectivity index (χ2v) is 4.69. The summed E-state index contributed by atoms with van der Waals surface area (Å²) in [6, 6.07) is 12.8. The molecule has 0 aromatic heterocycles. The van der Waals surface area contributed by atoms with Gasteiger partial charge in [-0.3, -0.25) is 0 Å². The molecule has 0 N–H and O–H groups in total. The van der Waals surface area contributed by atoms with Crippen LogP contribution in [0.25, 0.3) is 11.1 Å². The molecule has 0 saturated heterocycles. The standard InChI is InChI=1S/C14H11F3S/c1-18-13-7-5-10(6-8-13)11-3-2-4-12(9-11)14(15,16)17/h2-9H,1H3. The Hall–Kier alpha value is -1.42. The second kappa shape index (κ2) is 5.06. The Bertz CT molecular complexity index is 529. The van der Waals surface area contributed by atoms with Gasteiger partial charge in [0.05, 0.1) is 5.56 Å². The summed E-state index contributed by atoms with van der Waals surface area (Å²) in [5, 5.41) is 0. The maximum Gasteiger partial charge on any atom is 0.416 e. The molecule has 0 atom stereocenters. The summed E-state index contributed by atoms with van der Waals surface area (Å²) >= 11 is 1.60. The van der Waals surface area contributed by atoms with Crippen molar-refractivity contribution in [1.29, 1.82) is 0 Å². The van der Waals surface area contributed by atoms with Crippen LogP contribution in [0, 0.1) is 0 Å². The van der Waals surface area contributed by atoms with Gasteiger partial charge in [0.1, 0.15) is 0 Å². The third-order valence-electron chi connectivity index (χ3n) is 2.61. The van der Waals surface area contributed by atoms with E-state index in [9.17, 15) is 13.2 Å². The van der Waals surface area contributed by atoms with Crippen LogP contribution in [0.1, 0.15) is 5.56 Å². The average Bonchev–Trinajstić information content (AvgIpc) is 2.38. The van der Waals surface area contributed by atoms with Gasteiger partial charge in [-0.1, -0.05) is 24.3 Å². The average molecular weight is 268 g/mol. The van der Waals surface area contributed by atoms with Crippen LogP contribution < -0.4 is 0 Å². The van der Waals surface area contributed by atoms with E-state index < -0.39 is 11.7 Å². The zero-order valence-corrected chi connectivity index (χ0v) is 10.5. The molecule has 0 nitrogen and oxygen atoms in total. The lowest BCUT2D eigenvalue weighted by Gasteiger charge is -2.09. The highest BCUT2D eigenvalue weighted by atomic mass is 32.2. The normalized spacial score (nSPS) is 11.6. The van der Waals surface area contributed by atoms with Crippen molar-refractivity contribution in [2.45, 2.75) is 11.1 Å². The lowest BCUT2D eigenvalue weighted by atomic mass is 10.0. The maximum atomic E-state index is 12.6. The molecule has 0 spiro atoms. The van der Waals surface area contributed by atoms with Crippen LogP contribution >= 0.6 is 11.8 Å². The fraction of sp³-hybridized carbons (Fsp3) is 0.143. The van der Waals surface area contributed by atoms with E-state index in [4.69, 9.17) is 0 Å². The van der Waals surface area contributed by atoms with Crippen LogP contribution in [0.2, 0.25) is 0 Å². The van der Waals surface area contributed by atoms with Crippen molar-refractivity contribution in [2.24, 2.45) is 0 Å². The molecular weight excluding hydrogens is 257 g/mol. The van der Waals surface area contributed by atoms with Crippen molar-refractivity contribution < 1.29 is 13.2 Å². The van der Waals surface area contributed by atoms with Gasteiger partial charge >= 0.3 is 6.18 Å². The summed E-state index contributed by atoms with van der Waals surface area (Å²) in [5.41, 5.74) is 0.755. The van der Waals surface area contributed by atoms with Crippen LogP contribution in [0.5, 0.6) is 0 Å². The van der Waals surface area contributed by atoms with Gasteiger partial charge in [0.2, 0.25) is 0 Å². The van der Waals surface area contributed by atoms with Gasteiger partial charge in [-0.2, -0.15) is 13.2 Å². The first kappa shape index (κ1) is 13.0. The third kappa shape index (κ3) is 2.88. The van der Waals surface area contributed by atoms with E-state index in [0.29, 0.717) is 5.56 Å². The largest absolute Gasteiger partial charge is 0.416 e. The van der Waals surface area contributed by atoms with Crippen molar-refractivity contribution in [3.63, 3.8) is 0 Å². The molecule has 0 aliphatic carbocycles. The summed E-state index contributed by atoms with van der Waals surface area (Å²) in [5.74, 6) is 0. The summed E-state index contributed by atoms with van der Waals surface area (Å²) in [4.78, 5) is 1.09. The van der Waals surface area contributed by atoms with Crippen molar-refractivity contribution in [1.82, 2.24) is 0 Å². The SMILES string of the molecule is CSc1ccc(-c2cccc(C(F)(F)F)c2)cc1. The van der Waals surface area contributed by atoms with E-state index in [0.717, 1.165) is 16.5 Å². The molecule has 0 radical (unpaired) electrons. The highest BCUT2D eigenvalue weighted by Crippen LogP contribution is 2.32. The number of alkyl halides is 3. The Morgan fingerprint density at radius 3 is 2.11 bits per heavy atom. The zero-order valence-electron chi connectivity index (χ0n) is 9.66. The van der Waals surface area contributed by atoms with E-state index in [2.05, 4.69) is 0 Å². The molecule has 2 aromatic rings. The molecule has 2 rings (SSSR count). The lowest BCUT2D eigenvalue weighted by molar-refractivity contribution is -0.137. The predicted molar refractivity (Wildman–Crippen MR) is 68.7 cm³/mol. The van der Waals surface area contributed by atoms with E-state index >= 15 is 0 Å². The van der Waals surface area contributed by atoms with E-state index in [1.165, 1.54) is 12.1 Å². The van der Waals surface area contributed by atoms with Gasteiger partial charge in [0.15, 0.2) is 0 Å². The van der Waals surface area contributed by atoms with Gasteiger partial charge in [-0.25, -0.2) is 0 Å². The van der Waals surface area contributed by atoms with Gasteiger partial charge in [0.25, 0.3) is 0 Å². The van der Waals surface area contributed by atoms with Crippen LogP contribution in [-0.4, -0.2) is 6.26 Å². The first-order chi connectivity index (χ1) is 8.50. The summed E-state index contributed by atoms with van der Waals surface area (Å²) in [7, 11) is 0. The first-order valence-corrected chi connectivity index (χ1v) is 6.55. The Morgan fingerprint density at radius 2 is 1.56 bits per heavy atom. The molecule has 0 unspecified atom stereocenters. The Kier molecular flexibility index (Phi) is 3.66. The van der Waals surface area contributed by atoms with Gasteiger partial charge in [0, 0.05) is 4.90 Å². The Balaban J connectivity index is 2.38. The van der Waals surface area contributed by atoms with Crippen LogP contribution in [0.4, 0.5) is 13.2 Å². The molecule has 0 heterocycles. The van der Waals surface area contributed by atoms with Crippen LogP contribution in [-0.2, 0) is 6.18 Å². The number of hydrogen-bond acceptors (Lipinski definition) is 1. The Labute approximate surface area is 108 Å². The number of hydrogen-bond donors (Lipinski definition) is 0. The summed E-state index contributed by atoms with van der Waals surface area (Å²) in [6.45, 7) is 0. The highest BCUT2D eigenvalue weighted by molar-refractivity contribution is 7.98. The molecule has 0 amide bonds. The lowest BCUT2D eigenvalue weighted by Crippen LogP contribution is -2.04. The molecule has 4 heteroatoms. The minimum Gasteiger partial charge on any atom is -0.166 e. The maximum absolute atomic E-state index is 12.6. The molecule has 0 aliphatic rings. The smallest absolute Gasteiger partial charge is 0.166 e. The van der Waals surface area contributed by atoms with Crippen molar-refractivity contribution >= 4 is 11.8 Å². The summed E-state index contributed by atoms with van der Waals surface area (Å²) < 4.78 is 37.8. The zero-order chi connectivity index (χ0) is 13.2. The molecule has 0 aliphatic heterocycles. The van der Waals surface area contributed by atoms with E-state index in [1.54, 1.807) is 17.8 Å². The molecule has 0 fully saturated rings. The molecular formula is C14H11F3S. The summed E-state index contributed by atoms with van der Waals surface area (Å²) in [6.07, 6.45) is -2.34. The number of rotatable bonds is 2. The highest BCUT2D eigenvalue weighted by Gasteiger charge is 2.30.